The van der Waals surface area contributed by atoms with Crippen LogP contribution >= 0.6 is 0 Å². The summed E-state index contributed by atoms with van der Waals surface area (Å²) in [5.41, 5.74) is 3.53. The van der Waals surface area contributed by atoms with Crippen molar-refractivity contribution in [2.45, 2.75) is 33.2 Å². The van der Waals surface area contributed by atoms with Gasteiger partial charge in [0.25, 0.3) is 5.89 Å². The van der Waals surface area contributed by atoms with Crippen LogP contribution < -0.4 is 5.32 Å². The molecule has 1 N–H and O–H groups in total. The molecule has 0 saturated heterocycles. The van der Waals surface area contributed by atoms with Crippen LogP contribution in [0.4, 0.5) is 5.95 Å². The van der Waals surface area contributed by atoms with Gasteiger partial charge >= 0.3 is 0 Å². The Morgan fingerprint density at radius 3 is 2.60 bits per heavy atom. The van der Waals surface area contributed by atoms with Gasteiger partial charge in [0.2, 0.25) is 11.8 Å². The Hall–Kier alpha value is -3.02. The molecule has 2 aromatic heterocycles. The maximum atomic E-state index is 5.40. The van der Waals surface area contributed by atoms with Gasteiger partial charge < -0.3 is 9.84 Å². The molecule has 3 rings (SSSR count). The van der Waals surface area contributed by atoms with Crippen molar-refractivity contribution in [3.63, 3.8) is 0 Å². The third kappa shape index (κ3) is 4.09. The molecule has 0 unspecified atom stereocenters. The van der Waals surface area contributed by atoms with E-state index in [1.54, 1.807) is 0 Å². The summed E-state index contributed by atoms with van der Waals surface area (Å²) in [6.45, 7) is 9.73. The van der Waals surface area contributed by atoms with Crippen molar-refractivity contribution in [2.24, 2.45) is 0 Å². The van der Waals surface area contributed by atoms with Gasteiger partial charge in [0.05, 0.1) is 0 Å². The molecule has 0 fully saturated rings. The van der Waals surface area contributed by atoms with E-state index < -0.39 is 0 Å². The minimum atomic E-state index is 0.238. The number of benzene rings is 1. The number of hydrogen-bond donors (Lipinski definition) is 1. The van der Waals surface area contributed by atoms with E-state index in [0.717, 1.165) is 17.7 Å². The van der Waals surface area contributed by atoms with Gasteiger partial charge in [0, 0.05) is 17.3 Å². The molecule has 1 aromatic carbocycles. The number of anilines is 1. The number of nitrogens with zero attached hydrogens (tertiary/aromatic N) is 4. The monoisotopic (exact) mass is 335 g/mol. The number of aromatic nitrogens is 4. The van der Waals surface area contributed by atoms with Crippen LogP contribution in [0.5, 0.6) is 0 Å². The van der Waals surface area contributed by atoms with Crippen LogP contribution in [0.2, 0.25) is 0 Å². The zero-order valence-electron chi connectivity index (χ0n) is 14.7. The Morgan fingerprint density at radius 1 is 1.16 bits per heavy atom. The average molecular weight is 335 g/mol. The maximum absolute atomic E-state index is 5.40. The number of nitrogens with one attached hydrogen (secondary N) is 1. The number of hydrogen-bond acceptors (Lipinski definition) is 6. The standard InChI is InChI=1S/C19H21N5O/c1-5-6-14-7-9-15(10-8-14)17-23-18(25-24-17)16-11-13(4)21-19(22-16)20-12(2)3/h5,7-12H,1,6H2,2-4H3,(H,20,21,22). The lowest BCUT2D eigenvalue weighted by Crippen LogP contribution is -2.13. The van der Waals surface area contributed by atoms with Crippen LogP contribution in [-0.2, 0) is 6.42 Å². The van der Waals surface area contributed by atoms with Gasteiger partial charge in [-0.1, -0.05) is 35.5 Å². The Kier molecular flexibility index (Phi) is 4.88. The maximum Gasteiger partial charge on any atom is 0.277 e. The van der Waals surface area contributed by atoms with Crippen molar-refractivity contribution >= 4 is 5.95 Å². The summed E-state index contributed by atoms with van der Waals surface area (Å²) in [5, 5.41) is 7.26. The lowest BCUT2D eigenvalue weighted by Gasteiger charge is -2.09. The second-order valence-corrected chi connectivity index (χ2v) is 6.13. The first kappa shape index (κ1) is 16.8. The fraction of sp³-hybridized carbons (Fsp3) is 0.263. The number of allylic oxidation sites excluding steroid dienone is 1. The molecule has 6 heteroatoms. The highest BCUT2D eigenvalue weighted by Crippen LogP contribution is 2.22. The van der Waals surface area contributed by atoms with Crippen molar-refractivity contribution in [3.8, 4) is 23.0 Å². The molecule has 128 valence electrons. The Balaban J connectivity index is 1.88. The van der Waals surface area contributed by atoms with Gasteiger partial charge in [0.15, 0.2) is 0 Å². The van der Waals surface area contributed by atoms with E-state index in [1.807, 2.05) is 57.2 Å². The zero-order chi connectivity index (χ0) is 17.8. The predicted octanol–water partition coefficient (Wildman–Crippen LogP) is 4.05. The minimum absolute atomic E-state index is 0.238. The Labute approximate surface area is 147 Å². The van der Waals surface area contributed by atoms with E-state index in [0.29, 0.717) is 23.4 Å². The van der Waals surface area contributed by atoms with Gasteiger partial charge in [-0.2, -0.15) is 4.98 Å². The van der Waals surface area contributed by atoms with Crippen molar-refractivity contribution in [1.82, 2.24) is 20.1 Å². The Bertz CT molecular complexity index is 868. The second kappa shape index (κ2) is 7.25. The SMILES string of the molecule is C=CCc1ccc(-c2noc(-c3cc(C)nc(NC(C)C)n3)n2)cc1. The van der Waals surface area contributed by atoms with Crippen molar-refractivity contribution in [2.75, 3.05) is 5.32 Å². The topological polar surface area (TPSA) is 76.7 Å². The van der Waals surface area contributed by atoms with E-state index in [1.165, 1.54) is 5.56 Å². The molecule has 25 heavy (non-hydrogen) atoms. The third-order valence-electron chi connectivity index (χ3n) is 3.51. The largest absolute Gasteiger partial charge is 0.352 e. The fourth-order valence-corrected chi connectivity index (χ4v) is 2.40. The predicted molar refractivity (Wildman–Crippen MR) is 98.2 cm³/mol. The summed E-state index contributed by atoms with van der Waals surface area (Å²) in [7, 11) is 0. The zero-order valence-corrected chi connectivity index (χ0v) is 14.7. The van der Waals surface area contributed by atoms with Gasteiger partial charge in [-0.15, -0.1) is 6.58 Å². The van der Waals surface area contributed by atoms with E-state index in [9.17, 15) is 0 Å². The fourth-order valence-electron chi connectivity index (χ4n) is 2.40. The molecule has 0 amide bonds. The minimum Gasteiger partial charge on any atom is -0.352 e. The smallest absolute Gasteiger partial charge is 0.277 e. The van der Waals surface area contributed by atoms with Crippen LogP contribution in [0.25, 0.3) is 23.0 Å². The molecule has 0 aliphatic rings. The summed E-state index contributed by atoms with van der Waals surface area (Å²) >= 11 is 0. The normalized spacial score (nSPS) is 10.9. The highest BCUT2D eigenvalue weighted by atomic mass is 16.5. The van der Waals surface area contributed by atoms with Gasteiger partial charge in [-0.3, -0.25) is 0 Å². The van der Waals surface area contributed by atoms with E-state index in [2.05, 4.69) is 32.0 Å². The molecule has 0 aliphatic heterocycles. The summed E-state index contributed by atoms with van der Waals surface area (Å²) < 4.78 is 5.40. The quantitative estimate of drug-likeness (QED) is 0.685. The van der Waals surface area contributed by atoms with Crippen LogP contribution in [0.3, 0.4) is 0 Å². The van der Waals surface area contributed by atoms with Gasteiger partial charge in [0.1, 0.15) is 5.69 Å². The first-order valence-electron chi connectivity index (χ1n) is 8.21. The molecule has 0 saturated carbocycles. The Morgan fingerprint density at radius 2 is 1.92 bits per heavy atom. The summed E-state index contributed by atoms with van der Waals surface area (Å²) in [6, 6.07) is 10.1. The molecule has 0 spiro atoms. The van der Waals surface area contributed by atoms with E-state index >= 15 is 0 Å². The lowest BCUT2D eigenvalue weighted by molar-refractivity contribution is 0.431. The summed E-state index contributed by atoms with van der Waals surface area (Å²) in [6.07, 6.45) is 2.71. The molecule has 2 heterocycles. The van der Waals surface area contributed by atoms with Crippen molar-refractivity contribution in [3.05, 3.63) is 54.2 Å². The molecular formula is C19H21N5O. The van der Waals surface area contributed by atoms with Crippen LogP contribution in [0, 0.1) is 6.92 Å². The third-order valence-corrected chi connectivity index (χ3v) is 3.51. The number of aryl methyl sites for hydroxylation is 1. The van der Waals surface area contributed by atoms with Crippen molar-refractivity contribution in [1.29, 1.82) is 0 Å². The summed E-state index contributed by atoms with van der Waals surface area (Å²) in [5.74, 6) is 1.47. The molecule has 3 aromatic rings. The molecule has 0 atom stereocenters. The second-order valence-electron chi connectivity index (χ2n) is 6.13. The van der Waals surface area contributed by atoms with Gasteiger partial charge in [-0.05, 0) is 38.8 Å². The van der Waals surface area contributed by atoms with E-state index in [4.69, 9.17) is 4.52 Å². The van der Waals surface area contributed by atoms with Gasteiger partial charge in [-0.25, -0.2) is 9.97 Å². The van der Waals surface area contributed by atoms with Crippen LogP contribution in [0.15, 0.2) is 47.5 Å². The molecule has 6 nitrogen and oxygen atoms in total. The molecular weight excluding hydrogens is 314 g/mol. The van der Waals surface area contributed by atoms with E-state index in [-0.39, 0.29) is 6.04 Å². The van der Waals surface area contributed by atoms with Crippen LogP contribution in [0.1, 0.15) is 25.1 Å². The first-order chi connectivity index (χ1) is 12.0. The van der Waals surface area contributed by atoms with Crippen molar-refractivity contribution < 1.29 is 4.52 Å². The average Bonchev–Trinajstić information content (AvgIpc) is 3.05. The molecule has 0 radical (unpaired) electrons. The highest BCUT2D eigenvalue weighted by molar-refractivity contribution is 5.59. The number of rotatable bonds is 6. The molecule has 0 bridgehead atoms. The summed E-state index contributed by atoms with van der Waals surface area (Å²) in [4.78, 5) is 13.3. The molecule has 0 aliphatic carbocycles. The highest BCUT2D eigenvalue weighted by Gasteiger charge is 2.14. The first-order valence-corrected chi connectivity index (χ1v) is 8.21. The lowest BCUT2D eigenvalue weighted by atomic mass is 10.1. The van der Waals surface area contributed by atoms with Crippen LogP contribution in [-0.4, -0.2) is 26.2 Å².